The Morgan fingerprint density at radius 1 is 1.53 bits per heavy atom. The molecule has 1 N–H and O–H groups in total. The van der Waals surface area contributed by atoms with E-state index < -0.39 is 0 Å². The van der Waals surface area contributed by atoms with Crippen molar-refractivity contribution in [3.8, 4) is 0 Å². The van der Waals surface area contributed by atoms with Crippen molar-refractivity contribution < 1.29 is 4.74 Å². The minimum atomic E-state index is 0.329. The Hall–Kier alpha value is -0.380. The summed E-state index contributed by atoms with van der Waals surface area (Å²) in [5.74, 6) is 0.718. The molecule has 1 aliphatic heterocycles. The third-order valence-electron chi connectivity index (χ3n) is 3.40. The lowest BCUT2D eigenvalue weighted by Crippen LogP contribution is -2.38. The average Bonchev–Trinajstić information content (AvgIpc) is 2.90. The van der Waals surface area contributed by atoms with Crippen LogP contribution in [-0.4, -0.2) is 26.3 Å². The summed E-state index contributed by atoms with van der Waals surface area (Å²) in [6.07, 6.45) is 2.34. The molecule has 0 bridgehead atoms. The summed E-state index contributed by atoms with van der Waals surface area (Å²) in [5, 5.41) is 8.04. The first-order valence-corrected chi connectivity index (χ1v) is 7.44. The summed E-state index contributed by atoms with van der Waals surface area (Å²) in [4.78, 5) is 0. The van der Waals surface area contributed by atoms with Crippen molar-refractivity contribution in [2.75, 3.05) is 26.3 Å². The molecule has 1 aromatic rings. The first-order valence-electron chi connectivity index (χ1n) is 6.50. The van der Waals surface area contributed by atoms with Crippen molar-refractivity contribution in [3.05, 3.63) is 22.4 Å². The predicted octanol–water partition coefficient (Wildman–Crippen LogP) is 2.94. The maximum absolute atomic E-state index is 5.63. The normalized spacial score (nSPS) is 24.6. The molecule has 2 heterocycles. The van der Waals surface area contributed by atoms with Crippen LogP contribution in [0.3, 0.4) is 0 Å². The van der Waals surface area contributed by atoms with Gasteiger partial charge in [0.05, 0.1) is 6.61 Å². The van der Waals surface area contributed by atoms with Gasteiger partial charge in [-0.1, -0.05) is 13.8 Å². The van der Waals surface area contributed by atoms with Gasteiger partial charge in [0.25, 0.3) is 0 Å². The van der Waals surface area contributed by atoms with Crippen molar-refractivity contribution in [1.82, 2.24) is 5.32 Å². The van der Waals surface area contributed by atoms with E-state index in [1.807, 2.05) is 0 Å². The van der Waals surface area contributed by atoms with Gasteiger partial charge in [-0.2, -0.15) is 11.3 Å². The molecule has 0 radical (unpaired) electrons. The zero-order chi connectivity index (χ0) is 12.1. The second-order valence-electron chi connectivity index (χ2n) is 5.64. The third kappa shape index (κ3) is 3.80. The number of ether oxygens (including phenoxy) is 1. The fourth-order valence-corrected chi connectivity index (χ4v) is 3.11. The van der Waals surface area contributed by atoms with Gasteiger partial charge in [-0.25, -0.2) is 0 Å². The van der Waals surface area contributed by atoms with Crippen LogP contribution in [0.15, 0.2) is 16.8 Å². The molecule has 1 aromatic heterocycles. The quantitative estimate of drug-likeness (QED) is 0.841. The molecule has 1 fully saturated rings. The van der Waals surface area contributed by atoms with E-state index in [9.17, 15) is 0 Å². The van der Waals surface area contributed by atoms with Gasteiger partial charge in [0.15, 0.2) is 0 Å². The number of nitrogens with one attached hydrogen (secondary N) is 1. The lowest BCUT2D eigenvalue weighted by Gasteiger charge is -2.28. The summed E-state index contributed by atoms with van der Waals surface area (Å²) >= 11 is 1.79. The monoisotopic (exact) mass is 253 g/mol. The van der Waals surface area contributed by atoms with Crippen LogP contribution in [0.4, 0.5) is 0 Å². The highest BCUT2D eigenvalue weighted by molar-refractivity contribution is 7.07. The van der Waals surface area contributed by atoms with Crippen molar-refractivity contribution in [3.63, 3.8) is 0 Å². The molecule has 2 rings (SSSR count). The van der Waals surface area contributed by atoms with Gasteiger partial charge < -0.3 is 10.1 Å². The molecule has 0 aliphatic carbocycles. The molecular weight excluding hydrogens is 230 g/mol. The molecule has 0 aromatic carbocycles. The maximum Gasteiger partial charge on any atom is 0.0538 e. The van der Waals surface area contributed by atoms with Crippen molar-refractivity contribution in [1.29, 1.82) is 0 Å². The van der Waals surface area contributed by atoms with Gasteiger partial charge in [-0.05, 0) is 47.7 Å². The van der Waals surface area contributed by atoms with E-state index in [1.165, 1.54) is 12.0 Å². The molecule has 1 unspecified atom stereocenters. The Morgan fingerprint density at radius 2 is 2.41 bits per heavy atom. The lowest BCUT2D eigenvalue weighted by molar-refractivity contribution is 0.149. The SMILES string of the molecule is CC(C)CNCC1(Cc2ccsc2)CCOC1. The molecular formula is C14H23NOS. The molecule has 3 heteroatoms. The summed E-state index contributed by atoms with van der Waals surface area (Å²) < 4.78 is 5.63. The Bertz CT molecular complexity index is 315. The van der Waals surface area contributed by atoms with Crippen LogP contribution < -0.4 is 5.32 Å². The van der Waals surface area contributed by atoms with Crippen LogP contribution in [0.1, 0.15) is 25.8 Å². The van der Waals surface area contributed by atoms with Crippen LogP contribution >= 0.6 is 11.3 Å². The Kier molecular flexibility index (Phi) is 4.60. The van der Waals surface area contributed by atoms with E-state index in [4.69, 9.17) is 4.74 Å². The molecule has 1 saturated heterocycles. The van der Waals surface area contributed by atoms with Crippen LogP contribution in [0.2, 0.25) is 0 Å². The fraction of sp³-hybridized carbons (Fsp3) is 0.714. The Balaban J connectivity index is 1.90. The molecule has 17 heavy (non-hydrogen) atoms. The van der Waals surface area contributed by atoms with Crippen LogP contribution in [0.25, 0.3) is 0 Å². The van der Waals surface area contributed by atoms with Crippen LogP contribution in [0, 0.1) is 11.3 Å². The van der Waals surface area contributed by atoms with E-state index in [0.29, 0.717) is 5.41 Å². The van der Waals surface area contributed by atoms with Crippen molar-refractivity contribution >= 4 is 11.3 Å². The van der Waals surface area contributed by atoms with Crippen LogP contribution in [-0.2, 0) is 11.2 Å². The molecule has 1 atom stereocenters. The van der Waals surface area contributed by atoms with E-state index in [-0.39, 0.29) is 0 Å². The first-order chi connectivity index (χ1) is 8.20. The summed E-state index contributed by atoms with van der Waals surface area (Å²) in [6, 6.07) is 2.24. The zero-order valence-corrected chi connectivity index (χ0v) is 11.7. The van der Waals surface area contributed by atoms with Gasteiger partial charge in [0.1, 0.15) is 0 Å². The highest BCUT2D eigenvalue weighted by Crippen LogP contribution is 2.32. The number of hydrogen-bond acceptors (Lipinski definition) is 3. The average molecular weight is 253 g/mol. The van der Waals surface area contributed by atoms with Gasteiger partial charge in [-0.15, -0.1) is 0 Å². The van der Waals surface area contributed by atoms with Gasteiger partial charge in [-0.3, -0.25) is 0 Å². The van der Waals surface area contributed by atoms with E-state index >= 15 is 0 Å². The molecule has 0 saturated carbocycles. The third-order valence-corrected chi connectivity index (χ3v) is 4.13. The summed E-state index contributed by atoms with van der Waals surface area (Å²) in [5.41, 5.74) is 1.79. The van der Waals surface area contributed by atoms with Crippen LogP contribution in [0.5, 0.6) is 0 Å². The van der Waals surface area contributed by atoms with Crippen molar-refractivity contribution in [2.24, 2.45) is 11.3 Å². The standard InChI is InChI=1S/C14H23NOS/c1-12(2)8-15-10-14(4-5-16-11-14)7-13-3-6-17-9-13/h3,6,9,12,15H,4-5,7-8,10-11H2,1-2H3. The second-order valence-corrected chi connectivity index (χ2v) is 6.42. The Morgan fingerprint density at radius 3 is 3.00 bits per heavy atom. The number of rotatable bonds is 6. The van der Waals surface area contributed by atoms with E-state index in [2.05, 4.69) is 36.0 Å². The smallest absolute Gasteiger partial charge is 0.0538 e. The largest absolute Gasteiger partial charge is 0.381 e. The highest BCUT2D eigenvalue weighted by atomic mass is 32.1. The maximum atomic E-state index is 5.63. The summed E-state index contributed by atoms with van der Waals surface area (Å²) in [6.45, 7) is 8.53. The van der Waals surface area contributed by atoms with Gasteiger partial charge in [0.2, 0.25) is 0 Å². The molecule has 96 valence electrons. The lowest BCUT2D eigenvalue weighted by atomic mass is 9.81. The summed E-state index contributed by atoms with van der Waals surface area (Å²) in [7, 11) is 0. The van der Waals surface area contributed by atoms with E-state index in [0.717, 1.165) is 38.6 Å². The topological polar surface area (TPSA) is 21.3 Å². The fourth-order valence-electron chi connectivity index (χ4n) is 2.44. The number of thiophene rings is 1. The van der Waals surface area contributed by atoms with Gasteiger partial charge in [0, 0.05) is 18.6 Å². The number of hydrogen-bond donors (Lipinski definition) is 1. The molecule has 1 aliphatic rings. The Labute approximate surface area is 108 Å². The first kappa shape index (κ1) is 13.1. The zero-order valence-electron chi connectivity index (χ0n) is 10.9. The predicted molar refractivity (Wildman–Crippen MR) is 73.6 cm³/mol. The molecule has 0 amide bonds. The van der Waals surface area contributed by atoms with Crippen molar-refractivity contribution in [2.45, 2.75) is 26.7 Å². The van der Waals surface area contributed by atoms with Gasteiger partial charge >= 0.3 is 0 Å². The molecule has 0 spiro atoms. The van der Waals surface area contributed by atoms with E-state index in [1.54, 1.807) is 11.3 Å². The minimum absolute atomic E-state index is 0.329. The second kappa shape index (κ2) is 5.98. The molecule has 2 nitrogen and oxygen atoms in total. The minimum Gasteiger partial charge on any atom is -0.381 e. The highest BCUT2D eigenvalue weighted by Gasteiger charge is 2.34.